The van der Waals surface area contributed by atoms with Crippen molar-refractivity contribution in [2.45, 2.75) is 11.9 Å². The van der Waals surface area contributed by atoms with Crippen LogP contribution in [-0.2, 0) is 11.9 Å². The topological polar surface area (TPSA) is 65.3 Å². The lowest BCUT2D eigenvalue weighted by molar-refractivity contribution is -0.385. The number of nitro benzene ring substituents is 1. The number of halogens is 2. The van der Waals surface area contributed by atoms with E-state index in [-0.39, 0.29) is 12.3 Å². The number of aromatic nitrogens is 1. The van der Waals surface area contributed by atoms with Gasteiger partial charge in [-0.2, -0.15) is 0 Å². The number of hydrogen-bond donors (Lipinski definition) is 0. The fourth-order valence-corrected chi connectivity index (χ4v) is 2.11. The third-order valence-corrected chi connectivity index (χ3v) is 3.38. The Morgan fingerprint density at radius 2 is 2.15 bits per heavy atom. The van der Waals surface area contributed by atoms with Crippen LogP contribution < -0.4 is 4.74 Å². The zero-order chi connectivity index (χ0) is 14.5. The third-order valence-electron chi connectivity index (χ3n) is 2.57. The molecule has 0 aliphatic rings. The van der Waals surface area contributed by atoms with Gasteiger partial charge in [0.05, 0.1) is 22.4 Å². The van der Waals surface area contributed by atoms with E-state index in [2.05, 4.69) is 20.9 Å². The molecule has 0 aliphatic carbocycles. The molecule has 20 heavy (non-hydrogen) atoms. The molecule has 0 radical (unpaired) electrons. The number of ether oxygens (including phenoxy) is 1. The molecule has 0 fully saturated rings. The molecule has 104 valence electrons. The molecule has 7 heteroatoms. The minimum Gasteiger partial charge on any atom is -0.487 e. The standard InChI is InChI=1S/C13H10BrClN2O3/c14-6-11-2-3-12(7-16-11)20-8-9-5-10(15)1-4-13(9)17(18)19/h1-5,7H,6,8H2. The number of hydrogen-bond acceptors (Lipinski definition) is 4. The first-order valence-corrected chi connectivity index (χ1v) is 7.16. The SMILES string of the molecule is O=[N+]([O-])c1ccc(Cl)cc1COc1ccc(CBr)nc1. The molecule has 1 aromatic heterocycles. The molecule has 0 atom stereocenters. The number of pyridine rings is 1. The van der Waals surface area contributed by atoms with Crippen LogP contribution >= 0.6 is 27.5 Å². The quantitative estimate of drug-likeness (QED) is 0.459. The van der Waals surface area contributed by atoms with Crippen LogP contribution in [0.4, 0.5) is 5.69 Å². The summed E-state index contributed by atoms with van der Waals surface area (Å²) in [4.78, 5) is 14.6. The van der Waals surface area contributed by atoms with Gasteiger partial charge >= 0.3 is 0 Å². The number of alkyl halides is 1. The molecule has 2 aromatic rings. The fourth-order valence-electron chi connectivity index (χ4n) is 1.58. The monoisotopic (exact) mass is 356 g/mol. The minimum atomic E-state index is -0.457. The van der Waals surface area contributed by atoms with Crippen LogP contribution in [0.3, 0.4) is 0 Å². The van der Waals surface area contributed by atoms with Crippen molar-refractivity contribution in [1.29, 1.82) is 0 Å². The lowest BCUT2D eigenvalue weighted by Crippen LogP contribution is -2.01. The van der Waals surface area contributed by atoms with Gasteiger partial charge in [-0.15, -0.1) is 0 Å². The Morgan fingerprint density at radius 3 is 2.75 bits per heavy atom. The second-order valence-electron chi connectivity index (χ2n) is 3.94. The zero-order valence-corrected chi connectivity index (χ0v) is 12.6. The number of benzene rings is 1. The Labute approximate surface area is 128 Å². The van der Waals surface area contributed by atoms with Gasteiger partial charge in [-0.25, -0.2) is 0 Å². The van der Waals surface area contributed by atoms with Crippen LogP contribution in [0.25, 0.3) is 0 Å². The smallest absolute Gasteiger partial charge is 0.276 e. The summed E-state index contributed by atoms with van der Waals surface area (Å²) in [6, 6.07) is 7.96. The van der Waals surface area contributed by atoms with E-state index >= 15 is 0 Å². The highest BCUT2D eigenvalue weighted by atomic mass is 79.9. The summed E-state index contributed by atoms with van der Waals surface area (Å²) in [6.45, 7) is 0.0617. The predicted octanol–water partition coefficient (Wildman–Crippen LogP) is 4.12. The molecule has 5 nitrogen and oxygen atoms in total. The lowest BCUT2D eigenvalue weighted by Gasteiger charge is -2.07. The van der Waals surface area contributed by atoms with Gasteiger partial charge in [0.15, 0.2) is 0 Å². The minimum absolute atomic E-state index is 0.0144. The van der Waals surface area contributed by atoms with E-state index in [4.69, 9.17) is 16.3 Å². The molecule has 0 amide bonds. The van der Waals surface area contributed by atoms with Gasteiger partial charge in [-0.05, 0) is 24.3 Å². The van der Waals surface area contributed by atoms with Crippen molar-refractivity contribution < 1.29 is 9.66 Å². The van der Waals surface area contributed by atoms with Crippen LogP contribution in [0, 0.1) is 10.1 Å². The molecule has 0 spiro atoms. The van der Waals surface area contributed by atoms with Gasteiger partial charge in [0, 0.05) is 16.4 Å². The molecule has 1 heterocycles. The normalized spacial score (nSPS) is 10.3. The van der Waals surface area contributed by atoms with Crippen molar-refractivity contribution in [2.24, 2.45) is 0 Å². The Morgan fingerprint density at radius 1 is 1.35 bits per heavy atom. The second kappa shape index (κ2) is 6.67. The Kier molecular flexibility index (Phi) is 4.92. The van der Waals surface area contributed by atoms with E-state index < -0.39 is 4.92 Å². The molecule has 0 saturated heterocycles. The maximum Gasteiger partial charge on any atom is 0.276 e. The van der Waals surface area contributed by atoms with E-state index in [0.717, 1.165) is 5.69 Å². The molecule has 0 unspecified atom stereocenters. The van der Waals surface area contributed by atoms with Crippen LogP contribution in [0.1, 0.15) is 11.3 Å². The molecular weight excluding hydrogens is 348 g/mol. The summed E-state index contributed by atoms with van der Waals surface area (Å²) >= 11 is 9.15. The molecular formula is C13H10BrClN2O3. The first-order valence-electron chi connectivity index (χ1n) is 5.66. The van der Waals surface area contributed by atoms with Gasteiger partial charge in [0.2, 0.25) is 0 Å². The van der Waals surface area contributed by atoms with Crippen molar-refractivity contribution in [2.75, 3.05) is 0 Å². The summed E-state index contributed by atoms with van der Waals surface area (Å²) in [5.74, 6) is 0.545. The molecule has 0 bridgehead atoms. The largest absolute Gasteiger partial charge is 0.487 e. The highest BCUT2D eigenvalue weighted by Gasteiger charge is 2.14. The highest BCUT2D eigenvalue weighted by Crippen LogP contribution is 2.24. The first kappa shape index (κ1) is 14.7. The number of rotatable bonds is 5. The van der Waals surface area contributed by atoms with Gasteiger partial charge in [-0.3, -0.25) is 15.1 Å². The zero-order valence-electron chi connectivity index (χ0n) is 10.3. The Hall–Kier alpha value is -1.66. The van der Waals surface area contributed by atoms with Gasteiger partial charge in [0.1, 0.15) is 12.4 Å². The van der Waals surface area contributed by atoms with Crippen molar-refractivity contribution in [1.82, 2.24) is 4.98 Å². The Balaban J connectivity index is 2.13. The van der Waals surface area contributed by atoms with Crippen LogP contribution in [-0.4, -0.2) is 9.91 Å². The van der Waals surface area contributed by atoms with Gasteiger partial charge in [-0.1, -0.05) is 27.5 Å². The average Bonchev–Trinajstić information content (AvgIpc) is 2.45. The van der Waals surface area contributed by atoms with Gasteiger partial charge in [0.25, 0.3) is 5.69 Å². The van der Waals surface area contributed by atoms with E-state index in [0.29, 0.717) is 21.7 Å². The Bertz CT molecular complexity index is 620. The molecule has 2 rings (SSSR count). The summed E-state index contributed by atoms with van der Waals surface area (Å²) in [7, 11) is 0. The first-order chi connectivity index (χ1) is 9.60. The summed E-state index contributed by atoms with van der Waals surface area (Å²) in [5, 5.41) is 12.0. The summed E-state index contributed by atoms with van der Waals surface area (Å²) in [6.07, 6.45) is 1.58. The average molecular weight is 358 g/mol. The van der Waals surface area contributed by atoms with Gasteiger partial charge < -0.3 is 4.74 Å². The maximum absolute atomic E-state index is 10.9. The second-order valence-corrected chi connectivity index (χ2v) is 4.93. The fraction of sp³-hybridized carbons (Fsp3) is 0.154. The van der Waals surface area contributed by atoms with Crippen molar-refractivity contribution in [3.05, 3.63) is 62.9 Å². The highest BCUT2D eigenvalue weighted by molar-refractivity contribution is 9.08. The van der Waals surface area contributed by atoms with E-state index in [1.54, 1.807) is 12.3 Å². The number of nitrogens with zero attached hydrogens (tertiary/aromatic N) is 2. The van der Waals surface area contributed by atoms with E-state index in [1.165, 1.54) is 18.2 Å². The lowest BCUT2D eigenvalue weighted by atomic mass is 10.2. The van der Waals surface area contributed by atoms with Crippen molar-refractivity contribution in [3.63, 3.8) is 0 Å². The van der Waals surface area contributed by atoms with E-state index in [1.807, 2.05) is 6.07 Å². The molecule has 1 aromatic carbocycles. The predicted molar refractivity (Wildman–Crippen MR) is 79.3 cm³/mol. The van der Waals surface area contributed by atoms with E-state index in [9.17, 15) is 10.1 Å². The summed E-state index contributed by atoms with van der Waals surface area (Å²) < 4.78 is 5.50. The molecule has 0 N–H and O–H groups in total. The number of nitro groups is 1. The van der Waals surface area contributed by atoms with Crippen molar-refractivity contribution in [3.8, 4) is 5.75 Å². The van der Waals surface area contributed by atoms with Crippen LogP contribution in [0.2, 0.25) is 5.02 Å². The molecule has 0 aliphatic heterocycles. The van der Waals surface area contributed by atoms with Crippen LogP contribution in [0.5, 0.6) is 5.75 Å². The van der Waals surface area contributed by atoms with Crippen LogP contribution in [0.15, 0.2) is 36.5 Å². The summed E-state index contributed by atoms with van der Waals surface area (Å²) in [5.41, 5.74) is 1.29. The molecule has 0 saturated carbocycles. The van der Waals surface area contributed by atoms with Crippen molar-refractivity contribution >= 4 is 33.2 Å². The third kappa shape index (κ3) is 3.68. The maximum atomic E-state index is 10.9.